The van der Waals surface area contributed by atoms with Crippen LogP contribution in [0.15, 0.2) is 24.4 Å². The van der Waals surface area contributed by atoms with E-state index >= 15 is 0 Å². The van der Waals surface area contributed by atoms with Crippen molar-refractivity contribution in [1.29, 1.82) is 0 Å². The van der Waals surface area contributed by atoms with Crippen LogP contribution in [0.25, 0.3) is 0 Å². The molecule has 0 spiro atoms. The fourth-order valence-electron chi connectivity index (χ4n) is 1.05. The predicted octanol–water partition coefficient (Wildman–Crippen LogP) is 2.15. The molecule has 2 N–H and O–H groups in total. The van der Waals surface area contributed by atoms with Crippen molar-refractivity contribution in [3.8, 4) is 5.75 Å². The fraction of sp³-hybridized carbons (Fsp3) is 0. The summed E-state index contributed by atoms with van der Waals surface area (Å²) in [5, 5.41) is 16.1. The highest BCUT2D eigenvalue weighted by atomic mass is 35.5. The Morgan fingerprint density at radius 3 is 2.94 bits per heavy atom. The van der Waals surface area contributed by atoms with Crippen molar-refractivity contribution in [2.75, 3.05) is 5.32 Å². The lowest BCUT2D eigenvalue weighted by molar-refractivity contribution is 0.102. The Kier molecular flexibility index (Phi) is 3.02. The van der Waals surface area contributed by atoms with Crippen LogP contribution < -0.4 is 5.32 Å². The van der Waals surface area contributed by atoms with Gasteiger partial charge in [-0.25, -0.2) is 0 Å². The van der Waals surface area contributed by atoms with Crippen LogP contribution in [0.3, 0.4) is 0 Å². The third kappa shape index (κ3) is 2.29. The zero-order valence-electron chi connectivity index (χ0n) is 7.85. The van der Waals surface area contributed by atoms with Crippen molar-refractivity contribution in [3.63, 3.8) is 0 Å². The molecular formula is C9H6ClN3O2S. The minimum Gasteiger partial charge on any atom is -0.506 e. The van der Waals surface area contributed by atoms with Crippen molar-refractivity contribution in [3.05, 3.63) is 35.0 Å². The predicted molar refractivity (Wildman–Crippen MR) is 61.0 cm³/mol. The zero-order valence-corrected chi connectivity index (χ0v) is 9.42. The Morgan fingerprint density at radius 1 is 1.50 bits per heavy atom. The first-order valence-corrected chi connectivity index (χ1v) is 5.39. The van der Waals surface area contributed by atoms with Gasteiger partial charge in [-0.2, -0.15) is 0 Å². The highest BCUT2D eigenvalue weighted by molar-refractivity contribution is 7.10. The van der Waals surface area contributed by atoms with E-state index in [9.17, 15) is 9.90 Å². The van der Waals surface area contributed by atoms with E-state index in [1.165, 1.54) is 24.4 Å². The monoisotopic (exact) mass is 255 g/mol. The molecule has 0 unspecified atom stereocenters. The van der Waals surface area contributed by atoms with Crippen LogP contribution in [0.4, 0.5) is 5.00 Å². The quantitative estimate of drug-likeness (QED) is 0.862. The summed E-state index contributed by atoms with van der Waals surface area (Å²) in [5.74, 6) is -0.384. The third-order valence-corrected chi connectivity index (χ3v) is 2.69. The molecule has 0 aliphatic heterocycles. The van der Waals surface area contributed by atoms with Crippen LogP contribution in [0.1, 0.15) is 10.4 Å². The summed E-state index contributed by atoms with van der Waals surface area (Å²) < 4.78 is 3.61. The molecule has 0 saturated carbocycles. The van der Waals surface area contributed by atoms with Crippen LogP contribution >= 0.6 is 23.1 Å². The van der Waals surface area contributed by atoms with Crippen molar-refractivity contribution in [2.45, 2.75) is 0 Å². The Labute approximate surface area is 99.9 Å². The molecule has 0 radical (unpaired) electrons. The number of rotatable bonds is 2. The number of phenols is 1. The van der Waals surface area contributed by atoms with Crippen LogP contribution in [-0.2, 0) is 0 Å². The van der Waals surface area contributed by atoms with Crippen LogP contribution in [-0.4, -0.2) is 20.6 Å². The van der Waals surface area contributed by atoms with Crippen LogP contribution in [0, 0.1) is 0 Å². The summed E-state index contributed by atoms with van der Waals surface area (Å²) in [6.07, 6.45) is 1.45. The molecule has 2 rings (SSSR count). The van der Waals surface area contributed by atoms with Gasteiger partial charge in [-0.3, -0.25) is 4.79 Å². The number of carbonyl (C=O) groups excluding carboxylic acids is 1. The van der Waals surface area contributed by atoms with Gasteiger partial charge in [0.1, 0.15) is 10.8 Å². The lowest BCUT2D eigenvalue weighted by atomic mass is 10.2. The van der Waals surface area contributed by atoms with Gasteiger partial charge in [0, 0.05) is 17.1 Å². The number of benzene rings is 1. The minimum absolute atomic E-state index is 0.0577. The molecule has 0 atom stereocenters. The van der Waals surface area contributed by atoms with E-state index < -0.39 is 0 Å². The molecule has 0 aliphatic carbocycles. The number of anilines is 1. The largest absolute Gasteiger partial charge is 0.506 e. The molecule has 16 heavy (non-hydrogen) atoms. The Hall–Kier alpha value is -1.66. The standard InChI is InChI=1S/C9H6ClN3O2S/c10-6-3-5(1-2-7(6)14)9(15)12-8-4-11-13-16-8/h1-4,14H,(H,12,15). The van der Waals surface area contributed by atoms with Crippen molar-refractivity contribution in [2.24, 2.45) is 0 Å². The molecule has 0 fully saturated rings. The van der Waals surface area contributed by atoms with E-state index in [1.807, 2.05) is 0 Å². The van der Waals surface area contributed by atoms with Crippen molar-refractivity contribution >= 4 is 34.0 Å². The number of carbonyl (C=O) groups is 1. The maximum Gasteiger partial charge on any atom is 0.256 e. The van der Waals surface area contributed by atoms with E-state index in [2.05, 4.69) is 14.9 Å². The second kappa shape index (κ2) is 4.46. The smallest absolute Gasteiger partial charge is 0.256 e. The molecule has 1 aromatic heterocycles. The SMILES string of the molecule is O=C(Nc1cnns1)c1ccc(O)c(Cl)c1. The summed E-state index contributed by atoms with van der Waals surface area (Å²) in [7, 11) is 0. The van der Waals surface area contributed by atoms with Gasteiger partial charge in [0.05, 0.1) is 11.2 Å². The molecular weight excluding hydrogens is 250 g/mol. The fourth-order valence-corrected chi connectivity index (χ4v) is 1.65. The summed E-state index contributed by atoms with van der Waals surface area (Å²) in [6.45, 7) is 0. The molecule has 1 heterocycles. The molecule has 5 nitrogen and oxygen atoms in total. The third-order valence-electron chi connectivity index (χ3n) is 1.81. The maximum atomic E-state index is 11.7. The number of hydrogen-bond donors (Lipinski definition) is 2. The molecule has 7 heteroatoms. The molecule has 0 aliphatic rings. The number of aromatic nitrogens is 2. The van der Waals surface area contributed by atoms with E-state index in [0.29, 0.717) is 10.6 Å². The van der Waals surface area contributed by atoms with Gasteiger partial charge in [-0.05, 0) is 18.2 Å². The van der Waals surface area contributed by atoms with Crippen molar-refractivity contribution < 1.29 is 9.90 Å². The molecule has 1 amide bonds. The number of aromatic hydroxyl groups is 1. The van der Waals surface area contributed by atoms with E-state index in [0.717, 1.165) is 11.5 Å². The first-order valence-electron chi connectivity index (χ1n) is 4.24. The van der Waals surface area contributed by atoms with Gasteiger partial charge in [-0.1, -0.05) is 16.1 Å². The Morgan fingerprint density at radius 2 is 2.31 bits per heavy atom. The van der Waals surface area contributed by atoms with Gasteiger partial charge >= 0.3 is 0 Å². The number of phenolic OH excluding ortho intramolecular Hbond substituents is 1. The highest BCUT2D eigenvalue weighted by Crippen LogP contribution is 2.24. The number of nitrogens with one attached hydrogen (secondary N) is 1. The summed E-state index contributed by atoms with van der Waals surface area (Å²) in [4.78, 5) is 11.7. The normalized spacial score (nSPS) is 10.1. The number of amides is 1. The van der Waals surface area contributed by atoms with E-state index in [4.69, 9.17) is 11.6 Å². The molecule has 2 aromatic rings. The minimum atomic E-state index is -0.326. The van der Waals surface area contributed by atoms with Gasteiger partial charge in [0.2, 0.25) is 0 Å². The lowest BCUT2D eigenvalue weighted by Gasteiger charge is -2.02. The second-order valence-corrected chi connectivity index (χ2v) is 4.09. The first kappa shape index (κ1) is 10.8. The maximum absolute atomic E-state index is 11.7. The van der Waals surface area contributed by atoms with Gasteiger partial charge in [0.25, 0.3) is 5.91 Å². The van der Waals surface area contributed by atoms with E-state index in [-0.39, 0.29) is 16.7 Å². The van der Waals surface area contributed by atoms with Gasteiger partial charge < -0.3 is 10.4 Å². The molecule has 0 saturated heterocycles. The average Bonchev–Trinajstić information content (AvgIpc) is 2.74. The zero-order chi connectivity index (χ0) is 11.5. The number of hydrogen-bond acceptors (Lipinski definition) is 5. The number of nitrogens with zero attached hydrogens (tertiary/aromatic N) is 2. The van der Waals surface area contributed by atoms with Gasteiger partial charge in [-0.15, -0.1) is 5.10 Å². The number of halogens is 1. The Balaban J connectivity index is 2.18. The Bertz CT molecular complexity index is 515. The van der Waals surface area contributed by atoms with Crippen LogP contribution in [0.5, 0.6) is 5.75 Å². The highest BCUT2D eigenvalue weighted by Gasteiger charge is 2.09. The topological polar surface area (TPSA) is 75.1 Å². The lowest BCUT2D eigenvalue weighted by Crippen LogP contribution is -2.10. The summed E-state index contributed by atoms with van der Waals surface area (Å²) in [5.41, 5.74) is 0.358. The molecule has 0 bridgehead atoms. The average molecular weight is 256 g/mol. The van der Waals surface area contributed by atoms with E-state index in [1.54, 1.807) is 0 Å². The second-order valence-electron chi connectivity index (χ2n) is 2.90. The van der Waals surface area contributed by atoms with Crippen LogP contribution in [0.2, 0.25) is 5.02 Å². The van der Waals surface area contributed by atoms with Crippen molar-refractivity contribution in [1.82, 2.24) is 9.59 Å². The molecule has 82 valence electrons. The summed E-state index contributed by atoms with van der Waals surface area (Å²) >= 11 is 6.77. The summed E-state index contributed by atoms with van der Waals surface area (Å²) in [6, 6.07) is 4.23. The van der Waals surface area contributed by atoms with Gasteiger partial charge in [0.15, 0.2) is 0 Å². The first-order chi connectivity index (χ1) is 7.66. The molecule has 1 aromatic carbocycles.